The molecule has 0 radical (unpaired) electrons. The van der Waals surface area contributed by atoms with E-state index in [9.17, 15) is 4.79 Å². The van der Waals surface area contributed by atoms with Crippen LogP contribution in [-0.4, -0.2) is 26.8 Å². The molecule has 1 atom stereocenters. The Balaban J connectivity index is 2.24. The average molecular weight is 313 g/mol. The summed E-state index contributed by atoms with van der Waals surface area (Å²) in [6, 6.07) is 10.9. The second kappa shape index (κ2) is 6.20. The normalized spacial score (nSPS) is 15.0. The standard InChI is InChI=1S/C18H19NO4/c1-4-23-18(20)17-16-13(9-11(21-2)10-15(16)22-3)12-7-5-6-8-14(12)19-17/h5-10,17,19H,4H2,1-3H3. The van der Waals surface area contributed by atoms with E-state index >= 15 is 0 Å². The number of esters is 1. The van der Waals surface area contributed by atoms with Crippen LogP contribution in [0.3, 0.4) is 0 Å². The van der Waals surface area contributed by atoms with Gasteiger partial charge < -0.3 is 19.5 Å². The van der Waals surface area contributed by atoms with Gasteiger partial charge in [-0.3, -0.25) is 0 Å². The van der Waals surface area contributed by atoms with Crippen LogP contribution in [0.1, 0.15) is 18.5 Å². The van der Waals surface area contributed by atoms with Crippen molar-refractivity contribution in [1.82, 2.24) is 0 Å². The molecule has 0 amide bonds. The fourth-order valence-corrected chi connectivity index (χ4v) is 2.88. The number of hydrogen-bond donors (Lipinski definition) is 1. The van der Waals surface area contributed by atoms with Gasteiger partial charge in [0, 0.05) is 22.9 Å². The van der Waals surface area contributed by atoms with Crippen LogP contribution in [0.5, 0.6) is 11.5 Å². The fraction of sp³-hybridized carbons (Fsp3) is 0.278. The molecule has 1 N–H and O–H groups in total. The van der Waals surface area contributed by atoms with Crippen molar-refractivity contribution in [2.24, 2.45) is 0 Å². The zero-order valence-electron chi connectivity index (χ0n) is 13.4. The lowest BCUT2D eigenvalue weighted by Gasteiger charge is -2.30. The van der Waals surface area contributed by atoms with Gasteiger partial charge in [-0.05, 0) is 24.6 Å². The third-order valence-corrected chi connectivity index (χ3v) is 3.90. The highest BCUT2D eigenvalue weighted by Gasteiger charge is 2.33. The minimum atomic E-state index is -0.610. The Hall–Kier alpha value is -2.69. The van der Waals surface area contributed by atoms with Gasteiger partial charge in [0.15, 0.2) is 6.04 Å². The maximum Gasteiger partial charge on any atom is 0.333 e. The van der Waals surface area contributed by atoms with Crippen molar-refractivity contribution < 1.29 is 19.0 Å². The zero-order chi connectivity index (χ0) is 16.4. The van der Waals surface area contributed by atoms with Gasteiger partial charge in [0.25, 0.3) is 0 Å². The number of ether oxygens (including phenoxy) is 3. The number of carbonyl (C=O) groups is 1. The lowest BCUT2D eigenvalue weighted by molar-refractivity contribution is -0.144. The molecular weight excluding hydrogens is 294 g/mol. The van der Waals surface area contributed by atoms with Gasteiger partial charge in [0.2, 0.25) is 0 Å². The summed E-state index contributed by atoms with van der Waals surface area (Å²) in [5, 5.41) is 3.25. The molecule has 1 unspecified atom stereocenters. The first-order chi connectivity index (χ1) is 11.2. The van der Waals surface area contributed by atoms with Crippen LogP contribution in [0, 0.1) is 0 Å². The Morgan fingerprint density at radius 1 is 1.13 bits per heavy atom. The predicted octanol–water partition coefficient (Wildman–Crippen LogP) is 3.40. The molecule has 5 nitrogen and oxygen atoms in total. The van der Waals surface area contributed by atoms with Crippen LogP contribution in [-0.2, 0) is 9.53 Å². The maximum atomic E-state index is 12.4. The summed E-state index contributed by atoms with van der Waals surface area (Å²) in [6.45, 7) is 2.12. The van der Waals surface area contributed by atoms with Crippen molar-refractivity contribution in [2.75, 3.05) is 26.1 Å². The Labute approximate surface area is 135 Å². The molecule has 120 valence electrons. The number of benzene rings is 2. The van der Waals surface area contributed by atoms with Crippen LogP contribution in [0.15, 0.2) is 36.4 Å². The van der Waals surface area contributed by atoms with Crippen LogP contribution < -0.4 is 14.8 Å². The Kier molecular flexibility index (Phi) is 4.10. The van der Waals surface area contributed by atoms with E-state index in [1.165, 1.54) is 0 Å². The molecule has 0 spiro atoms. The van der Waals surface area contributed by atoms with Gasteiger partial charge in [-0.1, -0.05) is 18.2 Å². The molecular formula is C18H19NO4. The van der Waals surface area contributed by atoms with E-state index < -0.39 is 6.04 Å². The molecule has 0 bridgehead atoms. The Morgan fingerprint density at radius 3 is 2.61 bits per heavy atom. The molecule has 0 aromatic heterocycles. The SMILES string of the molecule is CCOC(=O)C1Nc2ccccc2-c2cc(OC)cc(OC)c21. The van der Waals surface area contributed by atoms with Gasteiger partial charge in [-0.15, -0.1) is 0 Å². The first kappa shape index (κ1) is 15.2. The smallest absolute Gasteiger partial charge is 0.333 e. The van der Waals surface area contributed by atoms with Gasteiger partial charge >= 0.3 is 5.97 Å². The number of anilines is 1. The topological polar surface area (TPSA) is 56.8 Å². The molecule has 0 fully saturated rings. The second-order valence-electron chi connectivity index (χ2n) is 5.17. The van der Waals surface area contributed by atoms with E-state index in [1.807, 2.05) is 30.3 Å². The van der Waals surface area contributed by atoms with Crippen LogP contribution in [0.2, 0.25) is 0 Å². The van der Waals surface area contributed by atoms with Gasteiger partial charge in [-0.2, -0.15) is 0 Å². The fourth-order valence-electron chi connectivity index (χ4n) is 2.88. The molecule has 0 aliphatic carbocycles. The van der Waals surface area contributed by atoms with E-state index in [4.69, 9.17) is 14.2 Å². The first-order valence-electron chi connectivity index (χ1n) is 7.48. The minimum absolute atomic E-state index is 0.326. The summed E-state index contributed by atoms with van der Waals surface area (Å²) >= 11 is 0. The molecule has 0 saturated carbocycles. The number of fused-ring (bicyclic) bond motifs is 3. The summed E-state index contributed by atoms with van der Waals surface area (Å²) < 4.78 is 16.1. The van der Waals surface area contributed by atoms with Crippen molar-refractivity contribution in [3.8, 4) is 22.6 Å². The van der Waals surface area contributed by atoms with Gasteiger partial charge in [-0.25, -0.2) is 4.79 Å². The summed E-state index contributed by atoms with van der Waals surface area (Å²) in [4.78, 5) is 12.4. The first-order valence-corrected chi connectivity index (χ1v) is 7.48. The molecule has 23 heavy (non-hydrogen) atoms. The molecule has 1 aliphatic heterocycles. The Bertz CT molecular complexity index is 742. The van der Waals surface area contributed by atoms with Crippen LogP contribution in [0.4, 0.5) is 5.69 Å². The molecule has 3 rings (SSSR count). The van der Waals surface area contributed by atoms with E-state index in [0.29, 0.717) is 18.1 Å². The highest BCUT2D eigenvalue weighted by Crippen LogP contribution is 2.46. The van der Waals surface area contributed by atoms with Gasteiger partial charge in [0.1, 0.15) is 11.5 Å². The second-order valence-corrected chi connectivity index (χ2v) is 5.17. The maximum absolute atomic E-state index is 12.4. The number of nitrogens with one attached hydrogen (secondary N) is 1. The monoisotopic (exact) mass is 313 g/mol. The van der Waals surface area contributed by atoms with E-state index in [0.717, 1.165) is 22.4 Å². The quantitative estimate of drug-likeness (QED) is 0.877. The minimum Gasteiger partial charge on any atom is -0.497 e. The summed E-state index contributed by atoms with van der Waals surface area (Å²) in [7, 11) is 3.19. The zero-order valence-corrected chi connectivity index (χ0v) is 13.4. The number of methoxy groups -OCH3 is 2. The summed E-state index contributed by atoms with van der Waals surface area (Å²) in [5.41, 5.74) is 3.56. The van der Waals surface area contributed by atoms with Crippen molar-refractivity contribution in [3.63, 3.8) is 0 Å². The summed E-state index contributed by atoms with van der Waals surface area (Å²) in [5.74, 6) is 0.950. The molecule has 2 aromatic rings. The van der Waals surface area contributed by atoms with Crippen LogP contribution in [0.25, 0.3) is 11.1 Å². The largest absolute Gasteiger partial charge is 0.497 e. The van der Waals surface area contributed by atoms with Crippen molar-refractivity contribution in [1.29, 1.82) is 0 Å². The third-order valence-electron chi connectivity index (χ3n) is 3.90. The number of hydrogen-bond acceptors (Lipinski definition) is 5. The molecule has 5 heteroatoms. The van der Waals surface area contributed by atoms with Gasteiger partial charge in [0.05, 0.1) is 20.8 Å². The van der Waals surface area contributed by atoms with E-state index in [2.05, 4.69) is 5.32 Å². The molecule has 1 heterocycles. The lowest BCUT2D eigenvalue weighted by atomic mass is 9.88. The number of carbonyl (C=O) groups excluding carboxylic acids is 1. The number of rotatable bonds is 4. The van der Waals surface area contributed by atoms with E-state index in [1.54, 1.807) is 27.2 Å². The van der Waals surface area contributed by atoms with Crippen molar-refractivity contribution in [3.05, 3.63) is 42.0 Å². The molecule has 0 saturated heterocycles. The predicted molar refractivity (Wildman–Crippen MR) is 88.0 cm³/mol. The number of para-hydroxylation sites is 1. The Morgan fingerprint density at radius 2 is 1.91 bits per heavy atom. The lowest BCUT2D eigenvalue weighted by Crippen LogP contribution is -2.27. The molecule has 1 aliphatic rings. The van der Waals surface area contributed by atoms with E-state index in [-0.39, 0.29) is 5.97 Å². The van der Waals surface area contributed by atoms with Crippen molar-refractivity contribution >= 4 is 11.7 Å². The average Bonchev–Trinajstić information content (AvgIpc) is 2.60. The third kappa shape index (κ3) is 2.59. The van der Waals surface area contributed by atoms with Crippen molar-refractivity contribution in [2.45, 2.75) is 13.0 Å². The van der Waals surface area contributed by atoms with Crippen LogP contribution >= 0.6 is 0 Å². The molecule has 2 aromatic carbocycles. The highest BCUT2D eigenvalue weighted by atomic mass is 16.5. The summed E-state index contributed by atoms with van der Waals surface area (Å²) in [6.07, 6.45) is 0. The highest BCUT2D eigenvalue weighted by molar-refractivity contribution is 5.94.